The van der Waals surface area contributed by atoms with Crippen LogP contribution in [0.5, 0.6) is 0 Å². The minimum Gasteiger partial charge on any atom is -0.426 e. The van der Waals surface area contributed by atoms with Crippen LogP contribution in [0.25, 0.3) is 23.0 Å². The van der Waals surface area contributed by atoms with Crippen molar-refractivity contribution in [2.45, 2.75) is 39.5 Å². The number of aryl methyl sites for hydroxylation is 2. The summed E-state index contributed by atoms with van der Waals surface area (Å²) in [5.74, 6) is 1.26. The fraction of sp³-hybridized carbons (Fsp3) is 0.381. The monoisotopic (exact) mass is 364 g/mol. The Hall–Kier alpha value is -2.73. The van der Waals surface area contributed by atoms with Crippen LogP contribution in [-0.4, -0.2) is 20.9 Å². The van der Waals surface area contributed by atoms with Crippen LogP contribution in [0.15, 0.2) is 33.7 Å². The molecule has 27 heavy (non-hydrogen) atoms. The molecule has 3 aromatic heterocycles. The van der Waals surface area contributed by atoms with Gasteiger partial charge in [-0.05, 0) is 45.2 Å². The molecule has 0 bridgehead atoms. The summed E-state index contributed by atoms with van der Waals surface area (Å²) in [7, 11) is 0. The van der Waals surface area contributed by atoms with Crippen molar-refractivity contribution in [3.05, 3.63) is 57.7 Å². The van der Waals surface area contributed by atoms with Crippen molar-refractivity contribution in [2.75, 3.05) is 6.54 Å². The van der Waals surface area contributed by atoms with E-state index in [0.717, 1.165) is 41.2 Å². The number of rotatable bonds is 4. The first-order valence-corrected chi connectivity index (χ1v) is 9.37. The molecule has 3 aromatic rings. The lowest BCUT2D eigenvalue weighted by Crippen LogP contribution is -2.17. The highest BCUT2D eigenvalue weighted by Gasteiger charge is 2.26. The molecule has 0 saturated heterocycles. The summed E-state index contributed by atoms with van der Waals surface area (Å²) in [5, 5.41) is 0. The first-order valence-electron chi connectivity index (χ1n) is 9.37. The molecule has 2 atom stereocenters. The van der Waals surface area contributed by atoms with E-state index in [-0.39, 0.29) is 11.5 Å². The van der Waals surface area contributed by atoms with Crippen LogP contribution in [-0.2, 0) is 0 Å². The molecular formula is C21H24N4O2. The average Bonchev–Trinajstić information content (AvgIpc) is 3.05. The van der Waals surface area contributed by atoms with Gasteiger partial charge in [0.25, 0.3) is 0 Å². The van der Waals surface area contributed by atoms with Crippen LogP contribution >= 0.6 is 0 Å². The lowest BCUT2D eigenvalue weighted by Gasteiger charge is -2.25. The van der Waals surface area contributed by atoms with Crippen molar-refractivity contribution >= 4 is 11.7 Å². The van der Waals surface area contributed by atoms with Gasteiger partial charge in [0.1, 0.15) is 5.76 Å². The number of hydrogen-bond donors (Lipinski definition) is 1. The fourth-order valence-electron chi connectivity index (χ4n) is 3.89. The van der Waals surface area contributed by atoms with Crippen LogP contribution < -0.4 is 11.4 Å². The van der Waals surface area contributed by atoms with Gasteiger partial charge in [-0.3, -0.25) is 4.98 Å². The molecule has 140 valence electrons. The highest BCUT2D eigenvalue weighted by Crippen LogP contribution is 2.36. The topological polar surface area (TPSA) is 86.4 Å². The minimum atomic E-state index is -0.348. The minimum absolute atomic E-state index is 0.161. The highest BCUT2D eigenvalue weighted by atomic mass is 16.4. The Bertz CT molecular complexity index is 1090. The lowest BCUT2D eigenvalue weighted by atomic mass is 9.81. The largest absolute Gasteiger partial charge is 0.426 e. The Balaban J connectivity index is 1.77. The summed E-state index contributed by atoms with van der Waals surface area (Å²) in [6, 6.07) is 1.89. The maximum Gasteiger partial charge on any atom is 0.345 e. The third-order valence-corrected chi connectivity index (χ3v) is 5.33. The van der Waals surface area contributed by atoms with E-state index in [0.29, 0.717) is 23.7 Å². The maximum absolute atomic E-state index is 12.7. The summed E-state index contributed by atoms with van der Waals surface area (Å²) in [6.07, 6.45) is 9.98. The van der Waals surface area contributed by atoms with Gasteiger partial charge in [0, 0.05) is 23.9 Å². The molecule has 2 N–H and O–H groups in total. The Morgan fingerprint density at radius 2 is 2.07 bits per heavy atom. The predicted molar refractivity (Wildman–Crippen MR) is 106 cm³/mol. The quantitative estimate of drug-likeness (QED) is 0.766. The van der Waals surface area contributed by atoms with Crippen LogP contribution in [0, 0.1) is 19.8 Å². The number of imidazole rings is 1. The number of aromatic nitrogens is 3. The van der Waals surface area contributed by atoms with Gasteiger partial charge in [0.05, 0.1) is 22.6 Å². The third-order valence-electron chi connectivity index (χ3n) is 5.33. The molecule has 0 radical (unpaired) electrons. The molecule has 1 aliphatic carbocycles. The summed E-state index contributed by atoms with van der Waals surface area (Å²) in [5.41, 5.74) is 9.81. The predicted octanol–water partition coefficient (Wildman–Crippen LogP) is 3.45. The van der Waals surface area contributed by atoms with Gasteiger partial charge < -0.3 is 14.6 Å². The van der Waals surface area contributed by atoms with Gasteiger partial charge in [0.15, 0.2) is 5.65 Å². The molecule has 0 fully saturated rings. The first-order chi connectivity index (χ1) is 13.0. The van der Waals surface area contributed by atoms with E-state index in [9.17, 15) is 4.79 Å². The normalized spacial score (nSPS) is 18.8. The van der Waals surface area contributed by atoms with Gasteiger partial charge in [-0.15, -0.1) is 0 Å². The van der Waals surface area contributed by atoms with E-state index in [2.05, 4.69) is 29.0 Å². The highest BCUT2D eigenvalue weighted by molar-refractivity contribution is 5.67. The van der Waals surface area contributed by atoms with E-state index in [1.165, 1.54) is 0 Å². The van der Waals surface area contributed by atoms with Crippen molar-refractivity contribution in [1.29, 1.82) is 0 Å². The van der Waals surface area contributed by atoms with E-state index in [1.54, 1.807) is 0 Å². The Morgan fingerprint density at radius 1 is 1.26 bits per heavy atom. The second-order valence-electron chi connectivity index (χ2n) is 7.33. The molecule has 6 heteroatoms. The second kappa shape index (κ2) is 6.78. The average molecular weight is 364 g/mol. The van der Waals surface area contributed by atoms with Crippen LogP contribution in [0.4, 0.5) is 0 Å². The Labute approximate surface area is 157 Å². The molecule has 2 unspecified atom stereocenters. The molecule has 4 rings (SSSR count). The van der Waals surface area contributed by atoms with Gasteiger partial charge in [0.2, 0.25) is 0 Å². The number of fused-ring (bicyclic) bond motifs is 2. The molecule has 0 saturated carbocycles. The van der Waals surface area contributed by atoms with E-state index < -0.39 is 0 Å². The Morgan fingerprint density at radius 3 is 2.85 bits per heavy atom. The molecule has 6 nitrogen and oxygen atoms in total. The summed E-state index contributed by atoms with van der Waals surface area (Å²) in [6.45, 7) is 6.64. The van der Waals surface area contributed by atoms with Crippen molar-refractivity contribution in [3.63, 3.8) is 0 Å². The van der Waals surface area contributed by atoms with Crippen molar-refractivity contribution in [1.82, 2.24) is 14.4 Å². The van der Waals surface area contributed by atoms with Gasteiger partial charge >= 0.3 is 5.63 Å². The second-order valence-corrected chi connectivity index (χ2v) is 7.33. The Kier molecular flexibility index (Phi) is 4.44. The summed E-state index contributed by atoms with van der Waals surface area (Å²) < 4.78 is 7.66. The van der Waals surface area contributed by atoms with Crippen molar-refractivity contribution in [3.8, 4) is 11.3 Å². The molecule has 0 spiro atoms. The van der Waals surface area contributed by atoms with Crippen LogP contribution in [0.1, 0.15) is 48.4 Å². The maximum atomic E-state index is 12.7. The number of nitrogens with two attached hydrogens (primary N) is 1. The van der Waals surface area contributed by atoms with E-state index in [4.69, 9.17) is 10.2 Å². The first kappa shape index (κ1) is 17.7. The van der Waals surface area contributed by atoms with E-state index in [1.807, 2.05) is 36.7 Å². The molecular weight excluding hydrogens is 340 g/mol. The zero-order valence-electron chi connectivity index (χ0n) is 15.9. The zero-order valence-corrected chi connectivity index (χ0v) is 15.9. The third kappa shape index (κ3) is 3.10. The summed E-state index contributed by atoms with van der Waals surface area (Å²) >= 11 is 0. The molecule has 3 heterocycles. The lowest BCUT2D eigenvalue weighted by molar-refractivity contribution is 0.372. The van der Waals surface area contributed by atoms with E-state index >= 15 is 0 Å². The summed E-state index contributed by atoms with van der Waals surface area (Å²) in [4.78, 5) is 21.8. The smallest absolute Gasteiger partial charge is 0.345 e. The SMILES string of the molecule is Cc1cn2cc(-c3cc4c(oc3=O)C(C)C(CCCN)C=C4)nc2c(C)n1. The van der Waals surface area contributed by atoms with Crippen molar-refractivity contribution < 1.29 is 4.42 Å². The fourth-order valence-corrected chi connectivity index (χ4v) is 3.89. The number of nitrogens with zero attached hydrogens (tertiary/aromatic N) is 3. The molecule has 0 amide bonds. The van der Waals surface area contributed by atoms with Gasteiger partial charge in [-0.2, -0.15) is 0 Å². The molecule has 0 aliphatic heterocycles. The van der Waals surface area contributed by atoms with Gasteiger partial charge in [-0.1, -0.05) is 19.1 Å². The zero-order chi connectivity index (χ0) is 19.1. The number of hydrogen-bond acceptors (Lipinski definition) is 5. The van der Waals surface area contributed by atoms with Crippen LogP contribution in [0.3, 0.4) is 0 Å². The number of allylic oxidation sites excluding steroid dienone is 1. The molecule has 1 aliphatic rings. The van der Waals surface area contributed by atoms with Gasteiger partial charge in [-0.25, -0.2) is 9.78 Å². The van der Waals surface area contributed by atoms with Crippen molar-refractivity contribution in [2.24, 2.45) is 11.7 Å². The van der Waals surface area contributed by atoms with Crippen LogP contribution in [0.2, 0.25) is 0 Å². The molecule has 0 aromatic carbocycles. The standard InChI is InChI=1S/C21H24N4O2/c1-12-10-25-11-18(24-20(25)14(3)23-12)17-9-16-7-6-15(5-4-8-22)13(2)19(16)27-21(17)26/h6-7,9-11,13,15H,4-5,8,22H2,1-3H3.